The van der Waals surface area contributed by atoms with Crippen molar-refractivity contribution in [1.29, 1.82) is 0 Å². The number of carbonyl (C=O) groups is 1. The van der Waals surface area contributed by atoms with Crippen LogP contribution in [0.2, 0.25) is 5.02 Å². The lowest BCUT2D eigenvalue weighted by Crippen LogP contribution is -2.16. The number of aromatic nitrogens is 3. The Morgan fingerprint density at radius 2 is 2.03 bits per heavy atom. The Morgan fingerprint density at radius 3 is 2.81 bits per heavy atom. The van der Waals surface area contributed by atoms with Crippen molar-refractivity contribution in [3.8, 4) is 5.75 Å². The number of hydrogen-bond acceptors (Lipinski definition) is 5. The number of benzene rings is 2. The molecule has 1 amide bonds. The minimum atomic E-state index is -0.437. The van der Waals surface area contributed by atoms with E-state index in [9.17, 15) is 4.79 Å². The summed E-state index contributed by atoms with van der Waals surface area (Å²) in [6.45, 7) is 4.35. The van der Waals surface area contributed by atoms with Crippen LogP contribution >= 0.6 is 27.5 Å². The molecule has 4 rings (SSSR count). The summed E-state index contributed by atoms with van der Waals surface area (Å²) in [4.78, 5) is 12.9. The van der Waals surface area contributed by atoms with Crippen LogP contribution in [0.4, 0.5) is 5.82 Å². The summed E-state index contributed by atoms with van der Waals surface area (Å²) < 4.78 is 13.4. The molecule has 0 fully saturated rings. The van der Waals surface area contributed by atoms with Crippen LogP contribution in [0.15, 0.2) is 63.7 Å². The average Bonchev–Trinajstić information content (AvgIpc) is 3.30. The van der Waals surface area contributed by atoms with Crippen molar-refractivity contribution < 1.29 is 14.1 Å². The molecule has 2 aromatic heterocycles. The van der Waals surface area contributed by atoms with Gasteiger partial charge in [-0.05, 0) is 59.1 Å². The Balaban J connectivity index is 1.48. The van der Waals surface area contributed by atoms with Crippen LogP contribution in [-0.2, 0) is 13.2 Å². The molecule has 0 aliphatic rings. The molecule has 32 heavy (non-hydrogen) atoms. The third-order valence-electron chi connectivity index (χ3n) is 4.81. The Morgan fingerprint density at radius 1 is 1.22 bits per heavy atom. The predicted molar refractivity (Wildman–Crippen MR) is 125 cm³/mol. The minimum Gasteiger partial charge on any atom is -0.489 e. The zero-order chi connectivity index (χ0) is 22.7. The molecule has 164 valence electrons. The number of nitrogens with one attached hydrogen (secondary N) is 1. The van der Waals surface area contributed by atoms with Crippen LogP contribution < -0.4 is 10.1 Å². The van der Waals surface area contributed by atoms with Gasteiger partial charge < -0.3 is 14.6 Å². The van der Waals surface area contributed by atoms with Crippen molar-refractivity contribution in [2.24, 2.45) is 0 Å². The van der Waals surface area contributed by atoms with Crippen LogP contribution in [0.1, 0.15) is 32.9 Å². The van der Waals surface area contributed by atoms with E-state index in [1.807, 2.05) is 55.5 Å². The van der Waals surface area contributed by atoms with Crippen molar-refractivity contribution in [3.05, 3.63) is 92.4 Å². The fraction of sp³-hybridized carbons (Fsp3) is 0.174. The van der Waals surface area contributed by atoms with Crippen LogP contribution in [0.5, 0.6) is 5.75 Å². The molecule has 0 saturated heterocycles. The summed E-state index contributed by atoms with van der Waals surface area (Å²) in [6.07, 6.45) is 1.77. The van der Waals surface area contributed by atoms with Gasteiger partial charge in [0.15, 0.2) is 11.5 Å². The smallest absolute Gasteiger partial charge is 0.279 e. The molecular weight excluding hydrogens is 496 g/mol. The summed E-state index contributed by atoms with van der Waals surface area (Å²) in [6, 6.07) is 15.2. The molecule has 0 saturated carbocycles. The maximum Gasteiger partial charge on any atom is 0.279 e. The van der Waals surface area contributed by atoms with Crippen molar-refractivity contribution in [2.75, 3.05) is 5.32 Å². The largest absolute Gasteiger partial charge is 0.489 e. The van der Waals surface area contributed by atoms with Gasteiger partial charge in [-0.3, -0.25) is 9.48 Å². The molecule has 0 spiro atoms. The second-order valence-electron chi connectivity index (χ2n) is 7.24. The van der Waals surface area contributed by atoms with E-state index in [2.05, 4.69) is 31.5 Å². The Hall–Kier alpha value is -3.10. The van der Waals surface area contributed by atoms with Crippen LogP contribution in [0, 0.1) is 13.8 Å². The van der Waals surface area contributed by atoms with Crippen LogP contribution in [0.25, 0.3) is 0 Å². The maximum atomic E-state index is 12.9. The monoisotopic (exact) mass is 514 g/mol. The molecule has 0 bridgehead atoms. The highest BCUT2D eigenvalue weighted by Gasteiger charge is 2.22. The average molecular weight is 516 g/mol. The van der Waals surface area contributed by atoms with Gasteiger partial charge in [-0.2, -0.15) is 5.10 Å². The number of carbonyl (C=O) groups excluding carboxylic acids is 1. The van der Waals surface area contributed by atoms with Crippen molar-refractivity contribution in [1.82, 2.24) is 14.9 Å². The highest BCUT2D eigenvalue weighted by atomic mass is 79.9. The van der Waals surface area contributed by atoms with Gasteiger partial charge in [0.2, 0.25) is 0 Å². The van der Waals surface area contributed by atoms with Crippen LogP contribution in [0.3, 0.4) is 0 Å². The molecule has 7 nitrogen and oxygen atoms in total. The zero-order valence-electron chi connectivity index (χ0n) is 17.4. The first-order valence-corrected chi connectivity index (χ1v) is 11.0. The minimum absolute atomic E-state index is 0.155. The number of anilines is 1. The zero-order valence-corrected chi connectivity index (χ0v) is 19.8. The fourth-order valence-electron chi connectivity index (χ4n) is 3.13. The van der Waals surface area contributed by atoms with Gasteiger partial charge in [-0.25, -0.2) is 0 Å². The summed E-state index contributed by atoms with van der Waals surface area (Å²) >= 11 is 9.68. The number of aryl methyl sites for hydroxylation is 2. The lowest BCUT2D eigenvalue weighted by Gasteiger charge is -2.07. The standard InChI is InChI=1S/C23H20BrClN4O3/c1-14-6-5-8-17(10-14)31-13-18-15(2)32-28-21(18)23(30)26-22-19(24)12-29(27-22)11-16-7-3-4-9-20(16)25/h3-10,12H,11,13H2,1-2H3,(H,26,27,30). The molecule has 0 aliphatic heterocycles. The molecule has 2 aromatic carbocycles. The van der Waals surface area contributed by atoms with Gasteiger partial charge in [-0.1, -0.05) is 47.1 Å². The molecule has 9 heteroatoms. The summed E-state index contributed by atoms with van der Waals surface area (Å²) in [7, 11) is 0. The third kappa shape index (κ3) is 5.03. The highest BCUT2D eigenvalue weighted by Crippen LogP contribution is 2.24. The van der Waals surface area contributed by atoms with Gasteiger partial charge >= 0.3 is 0 Å². The second-order valence-corrected chi connectivity index (χ2v) is 8.50. The third-order valence-corrected chi connectivity index (χ3v) is 5.76. The number of amides is 1. The van der Waals surface area contributed by atoms with Gasteiger partial charge in [0.05, 0.1) is 16.6 Å². The molecule has 2 heterocycles. The SMILES string of the molecule is Cc1cccc(OCc2c(C(=O)Nc3nn(Cc4ccccc4Cl)cc3Br)noc2C)c1. The molecule has 0 radical (unpaired) electrons. The van der Waals surface area contributed by atoms with Crippen molar-refractivity contribution in [3.63, 3.8) is 0 Å². The van der Waals surface area contributed by atoms with Crippen LogP contribution in [-0.4, -0.2) is 20.8 Å². The van der Waals surface area contributed by atoms with E-state index in [4.69, 9.17) is 20.9 Å². The van der Waals surface area contributed by atoms with Gasteiger partial charge in [0.25, 0.3) is 5.91 Å². The lowest BCUT2D eigenvalue weighted by molar-refractivity contribution is 0.101. The molecule has 4 aromatic rings. The lowest BCUT2D eigenvalue weighted by atomic mass is 10.2. The highest BCUT2D eigenvalue weighted by molar-refractivity contribution is 9.10. The first kappa shape index (κ1) is 22.1. The molecule has 0 atom stereocenters. The summed E-state index contributed by atoms with van der Waals surface area (Å²) in [5.41, 5.74) is 2.74. The molecule has 0 aliphatic carbocycles. The Kier molecular flexibility index (Phi) is 6.62. The van der Waals surface area contributed by atoms with E-state index >= 15 is 0 Å². The number of ether oxygens (including phenoxy) is 1. The van der Waals surface area contributed by atoms with E-state index < -0.39 is 5.91 Å². The van der Waals surface area contributed by atoms with Gasteiger partial charge in [0, 0.05) is 11.2 Å². The maximum absolute atomic E-state index is 12.9. The van der Waals surface area contributed by atoms with E-state index in [1.54, 1.807) is 17.8 Å². The number of halogens is 2. The van der Waals surface area contributed by atoms with Crippen molar-refractivity contribution in [2.45, 2.75) is 27.0 Å². The summed E-state index contributed by atoms with van der Waals surface area (Å²) in [5, 5.41) is 11.8. The first-order valence-electron chi connectivity index (χ1n) is 9.83. The normalized spacial score (nSPS) is 10.9. The quantitative estimate of drug-likeness (QED) is 0.337. The number of rotatable bonds is 7. The molecular formula is C23H20BrClN4O3. The Labute approximate surface area is 198 Å². The van der Waals surface area contributed by atoms with E-state index in [0.717, 1.165) is 11.1 Å². The molecule has 1 N–H and O–H groups in total. The van der Waals surface area contributed by atoms with E-state index in [1.165, 1.54) is 0 Å². The molecule has 0 unspecified atom stereocenters. The fourth-order valence-corrected chi connectivity index (χ4v) is 3.74. The van der Waals surface area contributed by atoms with E-state index in [-0.39, 0.29) is 12.3 Å². The van der Waals surface area contributed by atoms with Crippen molar-refractivity contribution >= 4 is 39.3 Å². The predicted octanol–water partition coefficient (Wildman–Crippen LogP) is 5.78. The van der Waals surface area contributed by atoms with Gasteiger partial charge in [0.1, 0.15) is 18.1 Å². The second kappa shape index (κ2) is 9.58. The van der Waals surface area contributed by atoms with Gasteiger partial charge in [-0.15, -0.1) is 0 Å². The first-order chi connectivity index (χ1) is 15.4. The van der Waals surface area contributed by atoms with E-state index in [0.29, 0.717) is 38.9 Å². The number of hydrogen-bond donors (Lipinski definition) is 1. The number of nitrogens with zero attached hydrogens (tertiary/aromatic N) is 3. The summed E-state index contributed by atoms with van der Waals surface area (Å²) in [5.74, 6) is 1.16. The Bertz CT molecular complexity index is 1270. The topological polar surface area (TPSA) is 82.2 Å².